The standard InChI is InChI=1S/C10H12N2O2/c13-10(14)9(12-8-3-4-8)7-2-1-5-11-6-7/h1-2,5-6,8-9,12H,3-4H2,(H,13,14)/t9-/m0/s1. The molecule has 1 aromatic rings. The van der Waals surface area contributed by atoms with Gasteiger partial charge in [0.2, 0.25) is 0 Å². The summed E-state index contributed by atoms with van der Waals surface area (Å²) in [6.45, 7) is 0. The van der Waals surface area contributed by atoms with Crippen molar-refractivity contribution >= 4 is 5.97 Å². The lowest BCUT2D eigenvalue weighted by molar-refractivity contribution is -0.139. The molecule has 14 heavy (non-hydrogen) atoms. The first kappa shape index (κ1) is 9.15. The molecule has 1 aliphatic carbocycles. The first-order valence-electron chi connectivity index (χ1n) is 4.66. The number of carboxylic acid groups (broad SMARTS) is 1. The van der Waals surface area contributed by atoms with Crippen LogP contribution in [0.5, 0.6) is 0 Å². The largest absolute Gasteiger partial charge is 0.480 e. The van der Waals surface area contributed by atoms with Crippen LogP contribution in [-0.2, 0) is 4.79 Å². The van der Waals surface area contributed by atoms with E-state index < -0.39 is 12.0 Å². The van der Waals surface area contributed by atoms with Crippen molar-refractivity contribution in [3.8, 4) is 0 Å². The van der Waals surface area contributed by atoms with Crippen LogP contribution in [0.3, 0.4) is 0 Å². The van der Waals surface area contributed by atoms with E-state index in [4.69, 9.17) is 5.11 Å². The number of pyridine rings is 1. The van der Waals surface area contributed by atoms with E-state index >= 15 is 0 Å². The van der Waals surface area contributed by atoms with Crippen LogP contribution in [-0.4, -0.2) is 22.1 Å². The third-order valence-electron chi connectivity index (χ3n) is 2.24. The Morgan fingerprint density at radius 3 is 2.93 bits per heavy atom. The first-order valence-corrected chi connectivity index (χ1v) is 4.66. The highest BCUT2D eigenvalue weighted by molar-refractivity contribution is 5.75. The van der Waals surface area contributed by atoms with Gasteiger partial charge in [0.1, 0.15) is 6.04 Å². The fourth-order valence-electron chi connectivity index (χ4n) is 1.34. The number of nitrogens with zero attached hydrogens (tertiary/aromatic N) is 1. The van der Waals surface area contributed by atoms with Gasteiger partial charge in [-0.05, 0) is 24.5 Å². The minimum Gasteiger partial charge on any atom is -0.480 e. The maximum Gasteiger partial charge on any atom is 0.325 e. The average molecular weight is 192 g/mol. The molecule has 0 unspecified atom stereocenters. The Balaban J connectivity index is 2.13. The van der Waals surface area contributed by atoms with Gasteiger partial charge in [-0.25, -0.2) is 0 Å². The number of aliphatic carboxylic acids is 1. The second kappa shape index (κ2) is 3.75. The number of nitrogens with one attached hydrogen (secondary N) is 1. The summed E-state index contributed by atoms with van der Waals surface area (Å²) in [5.41, 5.74) is 0.715. The molecule has 0 saturated heterocycles. The zero-order chi connectivity index (χ0) is 9.97. The summed E-state index contributed by atoms with van der Waals surface area (Å²) in [6.07, 6.45) is 5.38. The summed E-state index contributed by atoms with van der Waals surface area (Å²) < 4.78 is 0. The van der Waals surface area contributed by atoms with Gasteiger partial charge in [0.15, 0.2) is 0 Å². The lowest BCUT2D eigenvalue weighted by Crippen LogP contribution is -2.30. The molecule has 0 bridgehead atoms. The fourth-order valence-corrected chi connectivity index (χ4v) is 1.34. The third-order valence-corrected chi connectivity index (χ3v) is 2.24. The summed E-state index contributed by atoms with van der Waals surface area (Å²) in [7, 11) is 0. The molecule has 2 N–H and O–H groups in total. The number of hydrogen-bond acceptors (Lipinski definition) is 3. The highest BCUT2D eigenvalue weighted by atomic mass is 16.4. The molecule has 0 spiro atoms. The van der Waals surface area contributed by atoms with Gasteiger partial charge in [-0.1, -0.05) is 6.07 Å². The van der Waals surface area contributed by atoms with Crippen molar-refractivity contribution < 1.29 is 9.90 Å². The molecule has 4 heteroatoms. The minimum atomic E-state index is -0.843. The number of rotatable bonds is 4. The van der Waals surface area contributed by atoms with Crippen LogP contribution < -0.4 is 5.32 Å². The van der Waals surface area contributed by atoms with E-state index in [-0.39, 0.29) is 0 Å². The number of aromatic nitrogens is 1. The van der Waals surface area contributed by atoms with Crippen molar-refractivity contribution in [1.29, 1.82) is 0 Å². The summed E-state index contributed by atoms with van der Waals surface area (Å²) in [4.78, 5) is 14.9. The first-order chi connectivity index (χ1) is 6.77. The SMILES string of the molecule is O=C(O)[C@@H](NC1CC1)c1cccnc1. The van der Waals surface area contributed by atoms with Gasteiger partial charge in [0.25, 0.3) is 0 Å². The van der Waals surface area contributed by atoms with Gasteiger partial charge in [-0.2, -0.15) is 0 Å². The Labute approximate surface area is 82.0 Å². The third kappa shape index (κ3) is 2.09. The Bertz CT molecular complexity index is 322. The molecular weight excluding hydrogens is 180 g/mol. The van der Waals surface area contributed by atoms with E-state index in [1.165, 1.54) is 0 Å². The second-order valence-corrected chi connectivity index (χ2v) is 3.50. The maximum atomic E-state index is 11.0. The Morgan fingerprint density at radius 2 is 2.43 bits per heavy atom. The molecule has 0 aliphatic heterocycles. The van der Waals surface area contributed by atoms with Gasteiger partial charge in [0.05, 0.1) is 0 Å². The van der Waals surface area contributed by atoms with Crippen LogP contribution in [0.2, 0.25) is 0 Å². The molecule has 4 nitrogen and oxygen atoms in total. The zero-order valence-electron chi connectivity index (χ0n) is 7.68. The lowest BCUT2D eigenvalue weighted by atomic mass is 10.1. The number of hydrogen-bond donors (Lipinski definition) is 2. The molecular formula is C10H12N2O2. The molecule has 1 atom stereocenters. The van der Waals surface area contributed by atoms with Gasteiger partial charge in [0, 0.05) is 18.4 Å². The van der Waals surface area contributed by atoms with Crippen molar-refractivity contribution in [2.75, 3.05) is 0 Å². The average Bonchev–Trinajstić information content (AvgIpc) is 2.99. The molecule has 2 rings (SSSR count). The van der Waals surface area contributed by atoms with Crippen molar-refractivity contribution in [1.82, 2.24) is 10.3 Å². The molecule has 1 heterocycles. The fraction of sp³-hybridized carbons (Fsp3) is 0.400. The molecule has 0 aromatic carbocycles. The van der Waals surface area contributed by atoms with Crippen LogP contribution in [0.4, 0.5) is 0 Å². The van der Waals surface area contributed by atoms with E-state index in [1.54, 1.807) is 24.5 Å². The molecule has 74 valence electrons. The molecule has 1 aliphatic rings. The highest BCUT2D eigenvalue weighted by Crippen LogP contribution is 2.23. The van der Waals surface area contributed by atoms with Gasteiger partial charge in [-0.15, -0.1) is 0 Å². The molecule has 0 amide bonds. The van der Waals surface area contributed by atoms with Crippen molar-refractivity contribution in [2.45, 2.75) is 24.9 Å². The number of carboxylic acids is 1. The quantitative estimate of drug-likeness (QED) is 0.745. The van der Waals surface area contributed by atoms with Crippen LogP contribution in [0.25, 0.3) is 0 Å². The van der Waals surface area contributed by atoms with Gasteiger partial charge < -0.3 is 5.11 Å². The number of carbonyl (C=O) groups is 1. The molecule has 1 aromatic heterocycles. The molecule has 0 radical (unpaired) electrons. The topological polar surface area (TPSA) is 62.2 Å². The predicted octanol–water partition coefficient (Wildman–Crippen LogP) is 0.959. The normalized spacial score (nSPS) is 17.7. The summed E-state index contributed by atoms with van der Waals surface area (Å²) >= 11 is 0. The zero-order valence-corrected chi connectivity index (χ0v) is 7.68. The van der Waals surface area contributed by atoms with E-state index in [2.05, 4.69) is 10.3 Å². The van der Waals surface area contributed by atoms with Crippen molar-refractivity contribution in [3.63, 3.8) is 0 Å². The smallest absolute Gasteiger partial charge is 0.325 e. The minimum absolute atomic E-state index is 0.372. The summed E-state index contributed by atoms with van der Waals surface area (Å²) in [5.74, 6) is -0.843. The van der Waals surface area contributed by atoms with Crippen molar-refractivity contribution in [2.24, 2.45) is 0 Å². The van der Waals surface area contributed by atoms with Crippen LogP contribution in [0.1, 0.15) is 24.4 Å². The van der Waals surface area contributed by atoms with Crippen LogP contribution in [0.15, 0.2) is 24.5 Å². The Kier molecular flexibility index (Phi) is 2.45. The summed E-state index contributed by atoms with van der Waals surface area (Å²) in [5, 5.41) is 12.1. The summed E-state index contributed by atoms with van der Waals surface area (Å²) in [6, 6.07) is 3.29. The Hall–Kier alpha value is -1.42. The maximum absolute atomic E-state index is 11.0. The predicted molar refractivity (Wildman–Crippen MR) is 50.8 cm³/mol. The molecule has 1 saturated carbocycles. The Morgan fingerprint density at radius 1 is 1.64 bits per heavy atom. The van der Waals surface area contributed by atoms with E-state index in [0.29, 0.717) is 11.6 Å². The van der Waals surface area contributed by atoms with Gasteiger partial charge >= 0.3 is 5.97 Å². The molecule has 1 fully saturated rings. The monoisotopic (exact) mass is 192 g/mol. The van der Waals surface area contributed by atoms with Crippen LogP contribution in [0, 0.1) is 0 Å². The van der Waals surface area contributed by atoms with Crippen LogP contribution >= 0.6 is 0 Å². The van der Waals surface area contributed by atoms with Crippen molar-refractivity contribution in [3.05, 3.63) is 30.1 Å². The lowest BCUT2D eigenvalue weighted by Gasteiger charge is -2.13. The van der Waals surface area contributed by atoms with E-state index in [9.17, 15) is 4.79 Å². The van der Waals surface area contributed by atoms with E-state index in [0.717, 1.165) is 12.8 Å². The van der Waals surface area contributed by atoms with Gasteiger partial charge in [-0.3, -0.25) is 15.1 Å². The van der Waals surface area contributed by atoms with E-state index in [1.807, 2.05) is 0 Å². The highest BCUT2D eigenvalue weighted by Gasteiger charge is 2.29. The second-order valence-electron chi connectivity index (χ2n) is 3.50.